The fourth-order valence-electron chi connectivity index (χ4n) is 2.50. The van der Waals surface area contributed by atoms with Gasteiger partial charge in [-0.1, -0.05) is 12.1 Å². The molecule has 3 N–H and O–H groups in total. The summed E-state index contributed by atoms with van der Waals surface area (Å²) in [6.45, 7) is 0.310. The van der Waals surface area contributed by atoms with Crippen molar-refractivity contribution in [2.45, 2.75) is 43.9 Å². The van der Waals surface area contributed by atoms with Crippen molar-refractivity contribution in [1.82, 2.24) is 0 Å². The maximum absolute atomic E-state index is 10.1. The van der Waals surface area contributed by atoms with Crippen LogP contribution < -0.4 is 10.5 Å². The highest BCUT2D eigenvalue weighted by Crippen LogP contribution is 2.23. The monoisotopic (exact) mass is 265 g/mol. The normalized spacial score (nSPS) is 25.0. The van der Waals surface area contributed by atoms with Crippen LogP contribution in [0.3, 0.4) is 0 Å². The Morgan fingerprint density at radius 2 is 2.26 bits per heavy atom. The molecule has 0 heterocycles. The summed E-state index contributed by atoms with van der Waals surface area (Å²) in [5, 5.41) is 10.1. The number of methoxy groups -OCH3 is 1. The van der Waals surface area contributed by atoms with E-state index in [2.05, 4.69) is 0 Å². The summed E-state index contributed by atoms with van der Waals surface area (Å²) in [5.41, 5.74) is 6.74. The summed E-state index contributed by atoms with van der Waals surface area (Å²) in [5.74, 6) is 0.747. The molecule has 1 aliphatic carbocycles. The molecule has 4 heteroatoms. The number of benzene rings is 1. The minimum absolute atomic E-state index is 0.184. The second-order valence-electron chi connectivity index (χ2n) is 5.17. The van der Waals surface area contributed by atoms with Gasteiger partial charge in [0.25, 0.3) is 0 Å². The van der Waals surface area contributed by atoms with Gasteiger partial charge in [0.05, 0.1) is 19.8 Å². The van der Waals surface area contributed by atoms with Crippen molar-refractivity contribution in [2.24, 2.45) is 5.73 Å². The maximum Gasteiger partial charge on any atom is 0.119 e. The van der Waals surface area contributed by atoms with E-state index in [0.29, 0.717) is 6.61 Å². The van der Waals surface area contributed by atoms with Gasteiger partial charge in [-0.15, -0.1) is 0 Å². The molecule has 0 spiro atoms. The van der Waals surface area contributed by atoms with Crippen molar-refractivity contribution < 1.29 is 14.6 Å². The van der Waals surface area contributed by atoms with Gasteiger partial charge in [-0.2, -0.15) is 0 Å². The maximum atomic E-state index is 10.1. The highest BCUT2D eigenvalue weighted by Gasteiger charge is 2.21. The predicted molar refractivity (Wildman–Crippen MR) is 74.1 cm³/mol. The van der Waals surface area contributed by atoms with E-state index >= 15 is 0 Å². The minimum Gasteiger partial charge on any atom is -0.497 e. The van der Waals surface area contributed by atoms with Gasteiger partial charge < -0.3 is 20.3 Å². The molecule has 1 aromatic carbocycles. The number of rotatable bonds is 5. The Bertz CT molecular complexity index is 397. The van der Waals surface area contributed by atoms with Gasteiger partial charge in [-0.3, -0.25) is 0 Å². The predicted octanol–water partition coefficient (Wildman–Crippen LogP) is 2.02. The Morgan fingerprint density at radius 1 is 1.42 bits per heavy atom. The van der Waals surface area contributed by atoms with E-state index < -0.39 is 6.10 Å². The van der Waals surface area contributed by atoms with Crippen LogP contribution in [0.4, 0.5) is 0 Å². The summed E-state index contributed by atoms with van der Waals surface area (Å²) in [4.78, 5) is 0. The lowest BCUT2D eigenvalue weighted by molar-refractivity contribution is -0.0274. The van der Waals surface area contributed by atoms with Crippen LogP contribution in [0.1, 0.15) is 37.4 Å². The van der Waals surface area contributed by atoms with Gasteiger partial charge in [-0.05, 0) is 43.4 Å². The number of hydrogen-bond donors (Lipinski definition) is 2. The Hall–Kier alpha value is -1.10. The van der Waals surface area contributed by atoms with E-state index in [1.165, 1.54) is 0 Å². The lowest BCUT2D eigenvalue weighted by atomic mass is 9.93. The van der Waals surface area contributed by atoms with Crippen molar-refractivity contribution in [2.75, 3.05) is 13.7 Å². The Kier molecular flexibility index (Phi) is 5.19. The summed E-state index contributed by atoms with van der Waals surface area (Å²) in [7, 11) is 1.62. The molecule has 1 saturated carbocycles. The number of aliphatic hydroxyl groups excluding tert-OH is 1. The zero-order valence-corrected chi connectivity index (χ0v) is 11.4. The Morgan fingerprint density at radius 3 is 3.00 bits per heavy atom. The molecule has 19 heavy (non-hydrogen) atoms. The average molecular weight is 265 g/mol. The van der Waals surface area contributed by atoms with Crippen LogP contribution in [-0.4, -0.2) is 31.0 Å². The van der Waals surface area contributed by atoms with Gasteiger partial charge in [-0.25, -0.2) is 0 Å². The molecular weight excluding hydrogens is 242 g/mol. The van der Waals surface area contributed by atoms with Crippen molar-refractivity contribution in [3.63, 3.8) is 0 Å². The molecule has 1 fully saturated rings. The van der Waals surface area contributed by atoms with Crippen molar-refractivity contribution in [1.29, 1.82) is 0 Å². The third-order valence-electron chi connectivity index (χ3n) is 3.64. The minimum atomic E-state index is -0.617. The van der Waals surface area contributed by atoms with E-state index in [1.54, 1.807) is 7.11 Å². The molecule has 3 atom stereocenters. The van der Waals surface area contributed by atoms with E-state index in [4.69, 9.17) is 15.2 Å². The van der Waals surface area contributed by atoms with E-state index in [-0.39, 0.29) is 12.1 Å². The number of aliphatic hydroxyl groups is 1. The highest BCUT2D eigenvalue weighted by atomic mass is 16.5. The lowest BCUT2D eigenvalue weighted by Gasteiger charge is -2.27. The van der Waals surface area contributed by atoms with Gasteiger partial charge in [0.15, 0.2) is 0 Å². The van der Waals surface area contributed by atoms with Gasteiger partial charge in [0.2, 0.25) is 0 Å². The molecule has 0 aliphatic heterocycles. The zero-order chi connectivity index (χ0) is 13.7. The second kappa shape index (κ2) is 6.89. The first kappa shape index (κ1) is 14.3. The second-order valence-corrected chi connectivity index (χ2v) is 5.17. The fraction of sp³-hybridized carbons (Fsp3) is 0.600. The molecular formula is C15H23NO3. The summed E-state index contributed by atoms with van der Waals surface area (Å²) in [6.07, 6.45) is 3.69. The molecule has 106 valence electrons. The topological polar surface area (TPSA) is 64.7 Å². The molecule has 1 aromatic rings. The molecule has 0 amide bonds. The summed E-state index contributed by atoms with van der Waals surface area (Å²) >= 11 is 0. The third kappa shape index (κ3) is 4.20. The molecule has 0 aromatic heterocycles. The van der Waals surface area contributed by atoms with Crippen molar-refractivity contribution >= 4 is 0 Å². The molecule has 0 saturated heterocycles. The SMILES string of the molecule is COc1cccc(C(O)COC2CCCC(N)C2)c1. The van der Waals surface area contributed by atoms with Crippen LogP contribution in [0.25, 0.3) is 0 Å². The zero-order valence-electron chi connectivity index (χ0n) is 11.4. The third-order valence-corrected chi connectivity index (χ3v) is 3.64. The van der Waals surface area contributed by atoms with Crippen LogP contribution >= 0.6 is 0 Å². The van der Waals surface area contributed by atoms with Crippen LogP contribution in [0.5, 0.6) is 5.75 Å². The first-order valence-electron chi connectivity index (χ1n) is 6.88. The molecule has 4 nitrogen and oxygen atoms in total. The average Bonchev–Trinajstić information content (AvgIpc) is 2.45. The Labute approximate surface area is 114 Å². The Balaban J connectivity index is 1.84. The van der Waals surface area contributed by atoms with Crippen LogP contribution in [0, 0.1) is 0 Å². The van der Waals surface area contributed by atoms with Crippen LogP contribution in [-0.2, 0) is 4.74 Å². The van der Waals surface area contributed by atoms with E-state index in [9.17, 15) is 5.11 Å². The molecule has 2 rings (SSSR count). The standard InChI is InChI=1S/C15H23NO3/c1-18-13-6-2-4-11(8-13)15(17)10-19-14-7-3-5-12(16)9-14/h2,4,6,8,12,14-15,17H,3,5,7,9-10,16H2,1H3. The molecule has 0 bridgehead atoms. The van der Waals surface area contributed by atoms with E-state index in [1.807, 2.05) is 24.3 Å². The van der Waals surface area contributed by atoms with Crippen molar-refractivity contribution in [3.8, 4) is 5.75 Å². The molecule has 0 radical (unpaired) electrons. The quantitative estimate of drug-likeness (QED) is 0.855. The number of hydrogen-bond acceptors (Lipinski definition) is 4. The number of ether oxygens (including phenoxy) is 2. The smallest absolute Gasteiger partial charge is 0.119 e. The number of nitrogens with two attached hydrogens (primary N) is 1. The largest absolute Gasteiger partial charge is 0.497 e. The molecule has 3 unspecified atom stereocenters. The first-order chi connectivity index (χ1) is 9.19. The van der Waals surface area contributed by atoms with Gasteiger partial charge in [0, 0.05) is 6.04 Å². The molecule has 1 aliphatic rings. The fourth-order valence-corrected chi connectivity index (χ4v) is 2.50. The summed E-state index contributed by atoms with van der Waals surface area (Å²) in [6, 6.07) is 7.68. The first-order valence-corrected chi connectivity index (χ1v) is 6.88. The van der Waals surface area contributed by atoms with Gasteiger partial charge in [0.1, 0.15) is 11.9 Å². The van der Waals surface area contributed by atoms with Gasteiger partial charge >= 0.3 is 0 Å². The van der Waals surface area contributed by atoms with Crippen LogP contribution in [0.2, 0.25) is 0 Å². The van der Waals surface area contributed by atoms with Crippen molar-refractivity contribution in [3.05, 3.63) is 29.8 Å². The summed E-state index contributed by atoms with van der Waals surface area (Å²) < 4.78 is 10.9. The lowest BCUT2D eigenvalue weighted by Crippen LogP contribution is -2.32. The highest BCUT2D eigenvalue weighted by molar-refractivity contribution is 5.29. The van der Waals surface area contributed by atoms with Crippen LogP contribution in [0.15, 0.2) is 24.3 Å². The van der Waals surface area contributed by atoms with E-state index in [0.717, 1.165) is 37.0 Å².